The predicted octanol–water partition coefficient (Wildman–Crippen LogP) is 3.03. The van der Waals surface area contributed by atoms with Crippen LogP contribution in [0.4, 0.5) is 5.82 Å². The molecule has 6 heteroatoms. The zero-order valence-electron chi connectivity index (χ0n) is 9.44. The molecule has 0 unspecified atom stereocenters. The Bertz CT molecular complexity index is 533. The van der Waals surface area contributed by atoms with Crippen LogP contribution in [0.5, 0.6) is 0 Å². The van der Waals surface area contributed by atoms with Gasteiger partial charge in [0.15, 0.2) is 0 Å². The van der Waals surface area contributed by atoms with Crippen molar-refractivity contribution in [1.29, 1.82) is 0 Å². The van der Waals surface area contributed by atoms with Gasteiger partial charge in [0.1, 0.15) is 22.2 Å². The molecule has 0 aliphatic heterocycles. The van der Waals surface area contributed by atoms with Crippen molar-refractivity contribution in [3.8, 4) is 0 Å². The second-order valence-corrected chi connectivity index (χ2v) is 4.68. The van der Waals surface area contributed by atoms with Crippen LogP contribution in [0.1, 0.15) is 5.56 Å². The molecule has 0 fully saturated rings. The third-order valence-corrected chi connectivity index (χ3v) is 3.73. The summed E-state index contributed by atoms with van der Waals surface area (Å²) in [4.78, 5) is 12.6. The lowest BCUT2D eigenvalue weighted by molar-refractivity contribution is 0.997. The minimum absolute atomic E-state index is 0.626. The summed E-state index contributed by atoms with van der Waals surface area (Å²) >= 11 is 7.49. The number of halogens is 1. The van der Waals surface area contributed by atoms with E-state index < -0.39 is 0 Å². The second kappa shape index (κ2) is 5.33. The van der Waals surface area contributed by atoms with Gasteiger partial charge in [-0.25, -0.2) is 15.0 Å². The molecular formula is C11H11ClN4S. The molecule has 2 heterocycles. The maximum Gasteiger partial charge on any atom is 0.133 e. The molecule has 4 nitrogen and oxygen atoms in total. The molecule has 0 bridgehead atoms. The molecule has 0 saturated carbocycles. The van der Waals surface area contributed by atoms with E-state index in [2.05, 4.69) is 20.3 Å². The Morgan fingerprint density at radius 1 is 1.24 bits per heavy atom. The van der Waals surface area contributed by atoms with E-state index in [0.717, 1.165) is 21.4 Å². The Labute approximate surface area is 109 Å². The number of nitrogens with zero attached hydrogens (tertiary/aromatic N) is 3. The minimum atomic E-state index is 0.626. The summed E-state index contributed by atoms with van der Waals surface area (Å²) in [5.41, 5.74) is 0.988. The van der Waals surface area contributed by atoms with Gasteiger partial charge in [0.05, 0.1) is 5.02 Å². The van der Waals surface area contributed by atoms with Gasteiger partial charge in [-0.1, -0.05) is 11.6 Å². The summed E-state index contributed by atoms with van der Waals surface area (Å²) < 4.78 is 0. The van der Waals surface area contributed by atoms with Gasteiger partial charge in [-0.2, -0.15) is 0 Å². The highest BCUT2D eigenvalue weighted by atomic mass is 35.5. The van der Waals surface area contributed by atoms with Crippen LogP contribution in [0.15, 0.2) is 34.7 Å². The van der Waals surface area contributed by atoms with E-state index in [-0.39, 0.29) is 0 Å². The average molecular weight is 267 g/mol. The summed E-state index contributed by atoms with van der Waals surface area (Å²) in [6.07, 6.45) is 3.24. The first kappa shape index (κ1) is 12.1. The Morgan fingerprint density at radius 2 is 2.06 bits per heavy atom. The molecule has 0 aliphatic rings. The molecule has 2 aromatic rings. The van der Waals surface area contributed by atoms with Gasteiger partial charge in [0, 0.05) is 18.8 Å². The lowest BCUT2D eigenvalue weighted by Gasteiger charge is -2.08. The van der Waals surface area contributed by atoms with Crippen LogP contribution < -0.4 is 5.32 Å². The first-order chi connectivity index (χ1) is 8.22. The number of pyridine rings is 1. The largest absolute Gasteiger partial charge is 0.373 e. The topological polar surface area (TPSA) is 50.7 Å². The molecule has 0 saturated heterocycles. The van der Waals surface area contributed by atoms with Gasteiger partial charge in [-0.15, -0.1) is 0 Å². The zero-order chi connectivity index (χ0) is 12.3. The van der Waals surface area contributed by atoms with Crippen LogP contribution in [0.3, 0.4) is 0 Å². The van der Waals surface area contributed by atoms with Gasteiger partial charge in [0.25, 0.3) is 0 Å². The molecule has 17 heavy (non-hydrogen) atoms. The summed E-state index contributed by atoms with van der Waals surface area (Å²) in [5, 5.41) is 5.24. The van der Waals surface area contributed by atoms with E-state index in [1.165, 1.54) is 18.1 Å². The van der Waals surface area contributed by atoms with Crippen LogP contribution in [0.2, 0.25) is 5.02 Å². The van der Waals surface area contributed by atoms with Crippen molar-refractivity contribution < 1.29 is 0 Å². The van der Waals surface area contributed by atoms with E-state index >= 15 is 0 Å². The van der Waals surface area contributed by atoms with E-state index in [1.807, 2.05) is 20.0 Å². The van der Waals surface area contributed by atoms with Crippen LogP contribution in [-0.4, -0.2) is 22.0 Å². The fraction of sp³-hybridized carbons (Fsp3) is 0.182. The van der Waals surface area contributed by atoms with Crippen molar-refractivity contribution in [2.24, 2.45) is 0 Å². The Morgan fingerprint density at radius 3 is 2.76 bits per heavy atom. The van der Waals surface area contributed by atoms with Gasteiger partial charge < -0.3 is 5.32 Å². The van der Waals surface area contributed by atoms with E-state index in [9.17, 15) is 0 Å². The summed E-state index contributed by atoms with van der Waals surface area (Å²) in [6, 6.07) is 3.62. The molecule has 0 spiro atoms. The molecule has 0 radical (unpaired) electrons. The second-order valence-electron chi connectivity index (χ2n) is 3.29. The number of nitrogens with one attached hydrogen (secondary N) is 1. The van der Waals surface area contributed by atoms with Gasteiger partial charge in [-0.05, 0) is 30.8 Å². The lowest BCUT2D eigenvalue weighted by Crippen LogP contribution is -1.98. The van der Waals surface area contributed by atoms with E-state index in [1.54, 1.807) is 12.3 Å². The molecule has 2 aromatic heterocycles. The van der Waals surface area contributed by atoms with Crippen LogP contribution in [-0.2, 0) is 0 Å². The van der Waals surface area contributed by atoms with E-state index in [4.69, 9.17) is 11.6 Å². The number of aromatic nitrogens is 3. The summed E-state index contributed by atoms with van der Waals surface area (Å²) in [5.74, 6) is 0.814. The van der Waals surface area contributed by atoms with Crippen molar-refractivity contribution in [2.75, 3.05) is 12.4 Å². The maximum atomic E-state index is 6.06. The van der Waals surface area contributed by atoms with Crippen molar-refractivity contribution in [1.82, 2.24) is 15.0 Å². The number of hydrogen-bond acceptors (Lipinski definition) is 5. The van der Waals surface area contributed by atoms with Crippen molar-refractivity contribution in [3.05, 3.63) is 35.2 Å². The standard InChI is InChI=1S/C11H11ClN4S/c1-7-9(13-2)15-6-16-10(7)17-11-8(12)4-3-5-14-11/h3-6H,1-2H3,(H,13,15,16). The Kier molecular flexibility index (Phi) is 3.81. The highest BCUT2D eigenvalue weighted by Crippen LogP contribution is 2.32. The van der Waals surface area contributed by atoms with Crippen LogP contribution >= 0.6 is 23.4 Å². The highest BCUT2D eigenvalue weighted by Gasteiger charge is 2.10. The number of hydrogen-bond donors (Lipinski definition) is 1. The van der Waals surface area contributed by atoms with Crippen molar-refractivity contribution in [2.45, 2.75) is 17.0 Å². The predicted molar refractivity (Wildman–Crippen MR) is 69.7 cm³/mol. The Balaban J connectivity index is 2.34. The molecule has 1 N–H and O–H groups in total. The van der Waals surface area contributed by atoms with E-state index in [0.29, 0.717) is 5.02 Å². The highest BCUT2D eigenvalue weighted by molar-refractivity contribution is 7.99. The molecule has 88 valence electrons. The third kappa shape index (κ3) is 2.68. The van der Waals surface area contributed by atoms with Crippen molar-refractivity contribution in [3.63, 3.8) is 0 Å². The number of rotatable bonds is 3. The molecule has 0 aromatic carbocycles. The normalized spacial score (nSPS) is 10.3. The van der Waals surface area contributed by atoms with Crippen LogP contribution in [0.25, 0.3) is 0 Å². The number of anilines is 1. The summed E-state index contributed by atoms with van der Waals surface area (Å²) in [7, 11) is 1.83. The first-order valence-corrected chi connectivity index (χ1v) is 6.19. The van der Waals surface area contributed by atoms with Gasteiger partial charge in [-0.3, -0.25) is 0 Å². The van der Waals surface area contributed by atoms with Crippen LogP contribution in [0, 0.1) is 6.92 Å². The monoisotopic (exact) mass is 266 g/mol. The maximum absolute atomic E-state index is 6.06. The molecule has 2 rings (SSSR count). The fourth-order valence-electron chi connectivity index (χ4n) is 1.33. The third-order valence-electron chi connectivity index (χ3n) is 2.19. The Hall–Kier alpha value is -1.33. The lowest BCUT2D eigenvalue weighted by atomic mass is 10.3. The first-order valence-electron chi connectivity index (χ1n) is 5.00. The SMILES string of the molecule is CNc1ncnc(Sc2ncccc2Cl)c1C. The quantitative estimate of drug-likeness (QED) is 0.866. The zero-order valence-corrected chi connectivity index (χ0v) is 11.0. The molecule has 0 atom stereocenters. The molecule has 0 aliphatic carbocycles. The fourth-order valence-corrected chi connectivity index (χ4v) is 2.38. The smallest absolute Gasteiger partial charge is 0.133 e. The summed E-state index contributed by atoms with van der Waals surface area (Å²) in [6.45, 7) is 1.96. The molecular weight excluding hydrogens is 256 g/mol. The average Bonchev–Trinajstić information content (AvgIpc) is 2.34. The van der Waals surface area contributed by atoms with Gasteiger partial charge in [0.2, 0.25) is 0 Å². The molecule has 0 amide bonds. The van der Waals surface area contributed by atoms with Gasteiger partial charge >= 0.3 is 0 Å². The minimum Gasteiger partial charge on any atom is -0.373 e. The van der Waals surface area contributed by atoms with Crippen molar-refractivity contribution >= 4 is 29.2 Å².